The van der Waals surface area contributed by atoms with Crippen molar-refractivity contribution >= 4 is 62.2 Å². The highest BCUT2D eigenvalue weighted by atomic mass is 35.5. The van der Waals surface area contributed by atoms with Crippen LogP contribution in [0, 0.1) is 0 Å². The lowest BCUT2D eigenvalue weighted by Crippen LogP contribution is -2.48. The summed E-state index contributed by atoms with van der Waals surface area (Å²) in [6.07, 6.45) is 0. The van der Waals surface area contributed by atoms with Crippen LogP contribution in [-0.2, 0) is 4.74 Å². The van der Waals surface area contributed by atoms with Crippen molar-refractivity contribution in [2.75, 3.05) is 19.8 Å². The van der Waals surface area contributed by atoms with Crippen LogP contribution >= 0.6 is 35.2 Å². The monoisotopic (exact) mass is 477 g/mol. The summed E-state index contributed by atoms with van der Waals surface area (Å²) in [5.41, 5.74) is 5.28. The third kappa shape index (κ3) is 5.92. The summed E-state index contributed by atoms with van der Waals surface area (Å²) in [6.45, 7) is 3.21. The first-order valence-corrected chi connectivity index (χ1v) is 11.0. The maximum atomic E-state index is 12.6. The van der Waals surface area contributed by atoms with Gasteiger partial charge in [-0.3, -0.25) is 25.8 Å². The summed E-state index contributed by atoms with van der Waals surface area (Å²) < 4.78 is 11.7. The van der Waals surface area contributed by atoms with Gasteiger partial charge in [0.15, 0.2) is 5.11 Å². The van der Waals surface area contributed by atoms with Gasteiger partial charge in [-0.2, -0.15) is 0 Å². The maximum absolute atomic E-state index is 12.6. The van der Waals surface area contributed by atoms with Gasteiger partial charge in [-0.1, -0.05) is 41.9 Å². The van der Waals surface area contributed by atoms with Crippen LogP contribution in [0.5, 0.6) is 5.75 Å². The van der Waals surface area contributed by atoms with Gasteiger partial charge in [0.25, 0.3) is 11.8 Å². The second-order valence-corrected chi connectivity index (χ2v) is 7.98. The lowest BCUT2D eigenvalue weighted by molar-refractivity contribution is 0.0933. The predicted molar refractivity (Wildman–Crippen MR) is 126 cm³/mol. The Morgan fingerprint density at radius 3 is 2.55 bits per heavy atom. The fourth-order valence-electron chi connectivity index (χ4n) is 2.67. The average Bonchev–Trinajstić information content (AvgIpc) is 3.12. The summed E-state index contributed by atoms with van der Waals surface area (Å²) in [5.74, 6) is -0.523. The first-order chi connectivity index (χ1) is 15.0. The molecule has 10 heteroatoms. The molecule has 1 aromatic heterocycles. The highest BCUT2D eigenvalue weighted by Crippen LogP contribution is 2.34. The molecule has 0 aliphatic carbocycles. The van der Waals surface area contributed by atoms with Crippen molar-refractivity contribution in [3.05, 3.63) is 64.0 Å². The van der Waals surface area contributed by atoms with E-state index in [2.05, 4.69) is 16.2 Å². The Morgan fingerprint density at radius 1 is 1.03 bits per heavy atom. The second-order valence-electron chi connectivity index (χ2n) is 6.15. The standard InChI is InChI=1S/C21H20ClN3O4S2/c1-2-28-11-12-29-15-9-5-3-7-13(15)19(26)23-21(30)25-24-20(27)18-17(22)14-8-4-6-10-16(14)31-18/h3-10H,2,11-12H2,1H3,(H,24,27)(H2,23,25,26,30). The summed E-state index contributed by atoms with van der Waals surface area (Å²) in [5, 5.41) is 3.61. The smallest absolute Gasteiger partial charge is 0.281 e. The first-order valence-electron chi connectivity index (χ1n) is 9.39. The molecular formula is C21H20ClN3O4S2. The topological polar surface area (TPSA) is 88.7 Å². The number of hydrogen-bond acceptors (Lipinski definition) is 6. The number of halogens is 1. The number of fused-ring (bicyclic) bond motifs is 1. The molecule has 162 valence electrons. The van der Waals surface area contributed by atoms with Crippen molar-refractivity contribution in [3.8, 4) is 5.75 Å². The molecule has 0 spiro atoms. The molecule has 1 heterocycles. The van der Waals surface area contributed by atoms with E-state index in [1.54, 1.807) is 24.3 Å². The number of hydrogen-bond donors (Lipinski definition) is 3. The highest BCUT2D eigenvalue weighted by Gasteiger charge is 2.18. The van der Waals surface area contributed by atoms with Gasteiger partial charge in [0.05, 0.1) is 17.2 Å². The van der Waals surface area contributed by atoms with Crippen LogP contribution in [-0.4, -0.2) is 36.7 Å². The Kier molecular flexibility index (Phi) is 8.19. The van der Waals surface area contributed by atoms with E-state index in [1.807, 2.05) is 31.2 Å². The van der Waals surface area contributed by atoms with E-state index in [0.717, 1.165) is 10.1 Å². The van der Waals surface area contributed by atoms with Crippen molar-refractivity contribution in [3.63, 3.8) is 0 Å². The van der Waals surface area contributed by atoms with E-state index in [4.69, 9.17) is 33.3 Å². The molecule has 2 amide bonds. The zero-order valence-corrected chi connectivity index (χ0v) is 19.0. The Balaban J connectivity index is 1.56. The van der Waals surface area contributed by atoms with E-state index in [-0.39, 0.29) is 5.11 Å². The number of para-hydroxylation sites is 1. The van der Waals surface area contributed by atoms with Crippen LogP contribution < -0.4 is 20.9 Å². The van der Waals surface area contributed by atoms with Gasteiger partial charge in [-0.25, -0.2) is 0 Å². The van der Waals surface area contributed by atoms with Crippen LogP contribution in [0.25, 0.3) is 10.1 Å². The Labute approximate surface area is 193 Å². The fourth-order valence-corrected chi connectivity index (χ4v) is 4.22. The molecule has 0 atom stereocenters. The van der Waals surface area contributed by atoms with Gasteiger partial charge >= 0.3 is 0 Å². The van der Waals surface area contributed by atoms with Gasteiger partial charge in [0.2, 0.25) is 0 Å². The van der Waals surface area contributed by atoms with Crippen molar-refractivity contribution in [2.45, 2.75) is 6.92 Å². The van der Waals surface area contributed by atoms with Gasteiger partial charge in [0, 0.05) is 16.7 Å². The third-order valence-corrected chi connectivity index (χ3v) is 5.96. The quantitative estimate of drug-likeness (QED) is 0.271. The van der Waals surface area contributed by atoms with E-state index in [0.29, 0.717) is 41.0 Å². The van der Waals surface area contributed by atoms with Gasteiger partial charge in [-0.05, 0) is 37.3 Å². The van der Waals surface area contributed by atoms with E-state index < -0.39 is 11.8 Å². The zero-order valence-electron chi connectivity index (χ0n) is 16.6. The number of nitrogens with one attached hydrogen (secondary N) is 3. The zero-order chi connectivity index (χ0) is 22.2. The number of thiophene rings is 1. The molecule has 0 saturated heterocycles. The van der Waals surface area contributed by atoms with Crippen LogP contribution in [0.1, 0.15) is 27.0 Å². The molecule has 0 radical (unpaired) electrons. The molecule has 0 unspecified atom stereocenters. The van der Waals surface area contributed by atoms with Crippen LogP contribution in [0.4, 0.5) is 0 Å². The highest BCUT2D eigenvalue weighted by molar-refractivity contribution is 7.80. The normalized spacial score (nSPS) is 10.5. The van der Waals surface area contributed by atoms with Crippen molar-refractivity contribution in [1.82, 2.24) is 16.2 Å². The summed E-state index contributed by atoms with van der Waals surface area (Å²) in [4.78, 5) is 25.4. The van der Waals surface area contributed by atoms with Gasteiger partial charge < -0.3 is 9.47 Å². The predicted octanol–water partition coefficient (Wildman–Crippen LogP) is 3.92. The fraction of sp³-hybridized carbons (Fsp3) is 0.190. The number of hydrazine groups is 1. The lowest BCUT2D eigenvalue weighted by Gasteiger charge is -2.13. The molecule has 3 rings (SSSR count). The van der Waals surface area contributed by atoms with E-state index in [9.17, 15) is 9.59 Å². The van der Waals surface area contributed by atoms with Crippen molar-refractivity contribution < 1.29 is 19.1 Å². The number of rotatable bonds is 7. The molecule has 0 aliphatic rings. The minimum atomic E-state index is -0.473. The summed E-state index contributed by atoms with van der Waals surface area (Å²) in [6, 6.07) is 14.2. The van der Waals surface area contributed by atoms with Gasteiger partial charge in [-0.15, -0.1) is 11.3 Å². The Bertz CT molecular complexity index is 1100. The summed E-state index contributed by atoms with van der Waals surface area (Å²) in [7, 11) is 0. The molecule has 0 fully saturated rings. The SMILES string of the molecule is CCOCCOc1ccccc1C(=O)NC(=S)NNC(=O)c1sc2ccccc2c1Cl. The molecule has 0 saturated carbocycles. The van der Waals surface area contributed by atoms with Crippen molar-refractivity contribution in [1.29, 1.82) is 0 Å². The van der Waals surface area contributed by atoms with Crippen LogP contribution in [0.3, 0.4) is 0 Å². The first kappa shape index (κ1) is 23.0. The molecule has 7 nitrogen and oxygen atoms in total. The third-order valence-electron chi connectivity index (χ3n) is 4.08. The van der Waals surface area contributed by atoms with E-state index >= 15 is 0 Å². The summed E-state index contributed by atoms with van der Waals surface area (Å²) >= 11 is 12.7. The lowest BCUT2D eigenvalue weighted by atomic mass is 10.2. The minimum absolute atomic E-state index is 0.0697. The molecule has 0 aliphatic heterocycles. The maximum Gasteiger partial charge on any atom is 0.281 e. The molecule has 3 N–H and O–H groups in total. The number of amides is 2. The van der Waals surface area contributed by atoms with Gasteiger partial charge in [0.1, 0.15) is 17.2 Å². The Hall–Kier alpha value is -2.72. The minimum Gasteiger partial charge on any atom is -0.490 e. The average molecular weight is 478 g/mol. The van der Waals surface area contributed by atoms with Crippen molar-refractivity contribution in [2.24, 2.45) is 0 Å². The Morgan fingerprint density at radius 2 is 1.77 bits per heavy atom. The number of carbonyl (C=O) groups excluding carboxylic acids is 2. The molecule has 0 bridgehead atoms. The van der Waals surface area contributed by atoms with Crippen LogP contribution in [0.15, 0.2) is 48.5 Å². The van der Waals surface area contributed by atoms with E-state index in [1.165, 1.54) is 11.3 Å². The number of ether oxygens (including phenoxy) is 2. The molecule has 31 heavy (non-hydrogen) atoms. The molecular weight excluding hydrogens is 458 g/mol. The number of carbonyl (C=O) groups is 2. The number of thiocarbonyl (C=S) groups is 1. The second kappa shape index (κ2) is 11.1. The molecule has 2 aromatic carbocycles. The van der Waals surface area contributed by atoms with Crippen LogP contribution in [0.2, 0.25) is 5.02 Å². The molecule has 3 aromatic rings. The number of benzene rings is 2. The largest absolute Gasteiger partial charge is 0.490 e.